The molecule has 0 heterocycles. The number of hydrogen-bond acceptors (Lipinski definition) is 3. The van der Waals surface area contributed by atoms with Crippen molar-refractivity contribution < 1.29 is 15.3 Å². The summed E-state index contributed by atoms with van der Waals surface area (Å²) in [5.41, 5.74) is 0. The molecule has 0 aromatic heterocycles. The predicted octanol–water partition coefficient (Wildman–Crippen LogP) is -0.655. The zero-order valence-corrected chi connectivity index (χ0v) is 6.13. The first-order valence-electron chi connectivity index (χ1n) is 2.22. The number of alkyl halides is 1. The number of hydrogen-bond donors (Lipinski definition) is 3. The van der Waals surface area contributed by atoms with Gasteiger partial charge >= 0.3 is 0 Å². The van der Waals surface area contributed by atoms with E-state index in [1.165, 1.54) is 0 Å². The smallest absolute Gasteiger partial charge is 0.0662 e. The highest BCUT2D eigenvalue weighted by Gasteiger charge is 1.59. The largest absolute Gasteiger partial charge is 0.396 e. The fraction of sp³-hybridized carbons (Fsp3) is 1.00. The van der Waals surface area contributed by atoms with Gasteiger partial charge in [-0.2, -0.15) is 0 Å². The van der Waals surface area contributed by atoms with Crippen LogP contribution in [0.3, 0.4) is 0 Å². The maximum atomic E-state index is 7.83. The van der Waals surface area contributed by atoms with Crippen molar-refractivity contribution in [2.75, 3.05) is 25.2 Å². The van der Waals surface area contributed by atoms with Gasteiger partial charge in [-0.1, -0.05) is 15.9 Å². The molecular weight excluding hydrogens is 176 g/mol. The zero-order valence-electron chi connectivity index (χ0n) is 4.55. The van der Waals surface area contributed by atoms with Crippen LogP contribution >= 0.6 is 15.9 Å². The highest BCUT2D eigenvalue weighted by atomic mass is 79.9. The van der Waals surface area contributed by atoms with E-state index >= 15 is 0 Å². The van der Waals surface area contributed by atoms with Gasteiger partial charge in [0.25, 0.3) is 0 Å². The fourth-order valence-corrected chi connectivity index (χ4v) is 0. The van der Waals surface area contributed by atoms with Gasteiger partial charge in [0.1, 0.15) is 0 Å². The quantitative estimate of drug-likeness (QED) is 0.503. The number of halogens is 1. The van der Waals surface area contributed by atoms with E-state index in [-0.39, 0.29) is 19.8 Å². The third-order valence-corrected chi connectivity index (χ3v) is 0.539. The fourth-order valence-electron chi connectivity index (χ4n) is 0. The maximum absolute atomic E-state index is 7.83. The van der Waals surface area contributed by atoms with Crippen molar-refractivity contribution in [1.29, 1.82) is 0 Å². The van der Waals surface area contributed by atoms with Crippen LogP contribution in [0.25, 0.3) is 0 Å². The Labute approximate surface area is 57.1 Å². The van der Waals surface area contributed by atoms with E-state index in [0.717, 1.165) is 0 Å². The topological polar surface area (TPSA) is 60.7 Å². The summed E-state index contributed by atoms with van der Waals surface area (Å²) in [6, 6.07) is 0. The molecule has 4 heteroatoms. The van der Waals surface area contributed by atoms with Crippen LogP contribution in [-0.2, 0) is 0 Å². The van der Waals surface area contributed by atoms with Crippen molar-refractivity contribution >= 4 is 15.9 Å². The van der Waals surface area contributed by atoms with Crippen LogP contribution in [0, 0.1) is 0 Å². The van der Waals surface area contributed by atoms with Gasteiger partial charge in [-0.15, -0.1) is 0 Å². The lowest BCUT2D eigenvalue weighted by Crippen LogP contribution is -1.85. The molecule has 0 bridgehead atoms. The molecule has 0 spiro atoms. The summed E-state index contributed by atoms with van der Waals surface area (Å²) in [6.45, 7) is -0.0139. The minimum atomic E-state index is -0.125. The molecule has 0 rings (SSSR count). The van der Waals surface area contributed by atoms with Crippen LogP contribution in [0.1, 0.15) is 0 Å². The molecule has 0 aromatic rings. The molecule has 0 aromatic carbocycles. The van der Waals surface area contributed by atoms with Gasteiger partial charge in [-0.05, 0) is 0 Å². The summed E-state index contributed by atoms with van der Waals surface area (Å²) >= 11 is 3.00. The summed E-state index contributed by atoms with van der Waals surface area (Å²) in [4.78, 5) is 0. The van der Waals surface area contributed by atoms with E-state index in [9.17, 15) is 0 Å². The third-order valence-electron chi connectivity index (χ3n) is 0.185. The molecule has 0 unspecified atom stereocenters. The Hall–Kier alpha value is 0.360. The average Bonchev–Trinajstić information content (AvgIpc) is 1.88. The molecule has 0 atom stereocenters. The third kappa shape index (κ3) is 32.8. The molecule has 3 nitrogen and oxygen atoms in total. The monoisotopic (exact) mass is 186 g/mol. The Morgan fingerprint density at radius 2 is 1.12 bits per heavy atom. The number of aliphatic hydroxyl groups is 3. The van der Waals surface area contributed by atoms with Crippen molar-refractivity contribution in [3.63, 3.8) is 0 Å². The highest BCUT2D eigenvalue weighted by molar-refractivity contribution is 9.09. The van der Waals surface area contributed by atoms with Crippen molar-refractivity contribution in [3.8, 4) is 0 Å². The molecule has 0 saturated heterocycles. The summed E-state index contributed by atoms with van der Waals surface area (Å²) in [7, 11) is 0. The van der Waals surface area contributed by atoms with Gasteiger partial charge in [0.15, 0.2) is 0 Å². The molecule has 0 amide bonds. The van der Waals surface area contributed by atoms with Crippen molar-refractivity contribution in [3.05, 3.63) is 0 Å². The Bertz CT molecular complexity index is 19.2. The van der Waals surface area contributed by atoms with Gasteiger partial charge < -0.3 is 15.3 Å². The van der Waals surface area contributed by atoms with Crippen LogP contribution in [0.15, 0.2) is 0 Å². The maximum Gasteiger partial charge on any atom is 0.0662 e. The highest BCUT2D eigenvalue weighted by Crippen LogP contribution is 1.69. The van der Waals surface area contributed by atoms with Gasteiger partial charge in [0.05, 0.1) is 19.8 Å². The van der Waals surface area contributed by atoms with E-state index in [1.54, 1.807) is 0 Å². The van der Waals surface area contributed by atoms with Gasteiger partial charge in [-0.3, -0.25) is 0 Å². The first-order chi connectivity index (χ1) is 3.83. The lowest BCUT2D eigenvalue weighted by Gasteiger charge is -1.70. The second-order valence-electron chi connectivity index (χ2n) is 0.860. The minimum absolute atomic E-state index is 0.125. The molecule has 0 radical (unpaired) electrons. The number of rotatable bonds is 2. The van der Waals surface area contributed by atoms with Gasteiger partial charge in [0.2, 0.25) is 0 Å². The Morgan fingerprint density at radius 1 is 0.875 bits per heavy atom. The molecule has 0 aliphatic carbocycles. The Morgan fingerprint density at radius 3 is 1.12 bits per heavy atom. The Kier molecular flexibility index (Phi) is 21.9. The normalized spacial score (nSPS) is 7.50. The number of aliphatic hydroxyl groups excluding tert-OH is 3. The summed E-state index contributed by atoms with van der Waals surface area (Å²) in [5.74, 6) is 0. The molecule has 3 N–H and O–H groups in total. The molecule has 8 heavy (non-hydrogen) atoms. The molecule has 0 fully saturated rings. The van der Waals surface area contributed by atoms with Crippen molar-refractivity contribution in [2.24, 2.45) is 0 Å². The second kappa shape index (κ2) is 15.7. The zero-order chi connectivity index (χ0) is 6.83. The Balaban J connectivity index is 0. The van der Waals surface area contributed by atoms with Gasteiger partial charge in [0, 0.05) is 5.33 Å². The minimum Gasteiger partial charge on any atom is -0.396 e. The SMILES string of the molecule is OCCBr.OCCO. The van der Waals surface area contributed by atoms with E-state index in [2.05, 4.69) is 15.9 Å². The second-order valence-corrected chi connectivity index (χ2v) is 1.65. The first kappa shape index (κ1) is 11.2. The van der Waals surface area contributed by atoms with Crippen LogP contribution in [0.5, 0.6) is 0 Å². The van der Waals surface area contributed by atoms with Crippen LogP contribution in [0.2, 0.25) is 0 Å². The van der Waals surface area contributed by atoms with Crippen molar-refractivity contribution in [1.82, 2.24) is 0 Å². The van der Waals surface area contributed by atoms with Crippen LogP contribution in [0.4, 0.5) is 0 Å². The van der Waals surface area contributed by atoms with Crippen LogP contribution in [-0.4, -0.2) is 40.5 Å². The molecule has 0 saturated carbocycles. The van der Waals surface area contributed by atoms with Crippen molar-refractivity contribution in [2.45, 2.75) is 0 Å². The molecule has 0 aliphatic rings. The lowest BCUT2D eigenvalue weighted by atomic mass is 10.8. The summed E-state index contributed by atoms with van der Waals surface area (Å²) in [5, 5.41) is 23.8. The molecular formula is C4H11BrO3. The lowest BCUT2D eigenvalue weighted by molar-refractivity contribution is 0.186. The first-order valence-corrected chi connectivity index (χ1v) is 3.34. The van der Waals surface area contributed by atoms with E-state index in [4.69, 9.17) is 15.3 Å². The predicted molar refractivity (Wildman–Crippen MR) is 35.1 cm³/mol. The molecule has 0 aliphatic heterocycles. The van der Waals surface area contributed by atoms with E-state index < -0.39 is 0 Å². The standard InChI is InChI=1S/C2H5BrO.C2H6O2/c2*3-1-2-4/h4H,1-2H2;3-4H,1-2H2. The molecule has 52 valence electrons. The summed E-state index contributed by atoms with van der Waals surface area (Å²) in [6.07, 6.45) is 0. The van der Waals surface area contributed by atoms with E-state index in [0.29, 0.717) is 5.33 Å². The van der Waals surface area contributed by atoms with Gasteiger partial charge in [-0.25, -0.2) is 0 Å². The summed E-state index contributed by atoms with van der Waals surface area (Å²) < 4.78 is 0. The van der Waals surface area contributed by atoms with E-state index in [1.807, 2.05) is 0 Å². The average molecular weight is 187 g/mol. The van der Waals surface area contributed by atoms with Crippen LogP contribution < -0.4 is 0 Å².